The summed E-state index contributed by atoms with van der Waals surface area (Å²) in [5, 5.41) is 0. The highest BCUT2D eigenvalue weighted by molar-refractivity contribution is 5.22. The van der Waals surface area contributed by atoms with Gasteiger partial charge in [0.2, 0.25) is 0 Å². The Balaban J connectivity index is 2.07. The van der Waals surface area contributed by atoms with Crippen molar-refractivity contribution in [1.29, 1.82) is 0 Å². The van der Waals surface area contributed by atoms with Gasteiger partial charge < -0.3 is 9.47 Å². The maximum Gasteiger partial charge on any atom is 0.0700 e. The van der Waals surface area contributed by atoms with Gasteiger partial charge in [0.25, 0.3) is 0 Å². The minimum atomic E-state index is 0.646. The van der Waals surface area contributed by atoms with Crippen molar-refractivity contribution in [2.24, 2.45) is 0 Å². The van der Waals surface area contributed by atoms with Crippen LogP contribution in [0.25, 0.3) is 0 Å². The van der Waals surface area contributed by atoms with E-state index in [1.807, 2.05) is 18.2 Å². The third kappa shape index (κ3) is 4.65. The molecule has 0 fully saturated rings. The van der Waals surface area contributed by atoms with E-state index in [0.717, 1.165) is 0 Å². The minimum absolute atomic E-state index is 0.646. The van der Waals surface area contributed by atoms with Gasteiger partial charge in [-0.1, -0.05) is 30.3 Å². The van der Waals surface area contributed by atoms with Crippen LogP contribution >= 0.6 is 0 Å². The van der Waals surface area contributed by atoms with Gasteiger partial charge in [-0.25, -0.2) is 0 Å². The zero-order valence-corrected chi connectivity index (χ0v) is 7.90. The molecule has 0 spiro atoms. The number of rotatable bonds is 6. The summed E-state index contributed by atoms with van der Waals surface area (Å²) in [5.74, 6) is 0. The van der Waals surface area contributed by atoms with E-state index in [1.165, 1.54) is 5.56 Å². The lowest BCUT2D eigenvalue weighted by molar-refractivity contribution is 0.0820. The van der Waals surface area contributed by atoms with Gasteiger partial charge in [0.15, 0.2) is 0 Å². The van der Waals surface area contributed by atoms with Gasteiger partial charge in [0.05, 0.1) is 19.8 Å². The molecule has 2 heteroatoms. The fourth-order valence-electron chi connectivity index (χ4n) is 0.970. The molecule has 0 aliphatic carbocycles. The van der Waals surface area contributed by atoms with E-state index < -0.39 is 0 Å². The largest absolute Gasteiger partial charge is 0.382 e. The zero-order valence-electron chi connectivity index (χ0n) is 7.90. The highest BCUT2D eigenvalue weighted by Crippen LogP contribution is 2.01. The SMILES string of the molecule is COCCOC[CH]c1ccccc1. The second-order valence-electron chi connectivity index (χ2n) is 2.68. The molecule has 0 heterocycles. The molecule has 71 valence electrons. The van der Waals surface area contributed by atoms with Gasteiger partial charge >= 0.3 is 0 Å². The van der Waals surface area contributed by atoms with Crippen LogP contribution in [0.15, 0.2) is 30.3 Å². The number of hydrogen-bond donors (Lipinski definition) is 0. The van der Waals surface area contributed by atoms with Crippen LogP contribution in [0.1, 0.15) is 5.56 Å². The fraction of sp³-hybridized carbons (Fsp3) is 0.364. The quantitative estimate of drug-likeness (QED) is 0.621. The molecule has 1 aromatic carbocycles. The first-order chi connectivity index (χ1) is 6.43. The predicted octanol–water partition coefficient (Wildman–Crippen LogP) is 1.90. The fourth-order valence-corrected chi connectivity index (χ4v) is 0.970. The van der Waals surface area contributed by atoms with E-state index in [9.17, 15) is 0 Å². The second-order valence-corrected chi connectivity index (χ2v) is 2.68. The highest BCUT2D eigenvalue weighted by Gasteiger charge is 1.91. The average molecular weight is 179 g/mol. The third-order valence-corrected chi connectivity index (χ3v) is 1.67. The van der Waals surface area contributed by atoms with Crippen molar-refractivity contribution >= 4 is 0 Å². The lowest BCUT2D eigenvalue weighted by Crippen LogP contribution is -2.03. The summed E-state index contributed by atoms with van der Waals surface area (Å²) in [7, 11) is 1.67. The maximum absolute atomic E-state index is 5.30. The van der Waals surface area contributed by atoms with Crippen LogP contribution in [0.4, 0.5) is 0 Å². The van der Waals surface area contributed by atoms with Gasteiger partial charge in [-0.2, -0.15) is 0 Å². The van der Waals surface area contributed by atoms with Crippen LogP contribution < -0.4 is 0 Å². The van der Waals surface area contributed by atoms with Gasteiger partial charge in [0.1, 0.15) is 0 Å². The van der Waals surface area contributed by atoms with Gasteiger partial charge in [-0.3, -0.25) is 0 Å². The van der Waals surface area contributed by atoms with Crippen molar-refractivity contribution < 1.29 is 9.47 Å². The number of hydrogen-bond acceptors (Lipinski definition) is 2. The molecule has 0 N–H and O–H groups in total. The lowest BCUT2D eigenvalue weighted by Gasteiger charge is -2.02. The van der Waals surface area contributed by atoms with Crippen LogP contribution in [0.2, 0.25) is 0 Å². The van der Waals surface area contributed by atoms with Crippen LogP contribution in [-0.2, 0) is 9.47 Å². The topological polar surface area (TPSA) is 18.5 Å². The standard InChI is InChI=1S/C11H15O2/c1-12-9-10-13-8-7-11-5-3-2-4-6-11/h2-7H,8-10H2,1H3. The normalized spacial score (nSPS) is 10.2. The first kappa shape index (κ1) is 10.2. The van der Waals surface area contributed by atoms with Crippen molar-refractivity contribution in [3.05, 3.63) is 42.3 Å². The van der Waals surface area contributed by atoms with Crippen molar-refractivity contribution in [1.82, 2.24) is 0 Å². The van der Waals surface area contributed by atoms with Crippen molar-refractivity contribution in [3.8, 4) is 0 Å². The second kappa shape index (κ2) is 6.63. The number of benzene rings is 1. The molecule has 0 atom stereocenters. The first-order valence-corrected chi connectivity index (χ1v) is 4.38. The van der Waals surface area contributed by atoms with Gasteiger partial charge in [0, 0.05) is 13.5 Å². The Hall–Kier alpha value is -0.860. The number of methoxy groups -OCH3 is 1. The third-order valence-electron chi connectivity index (χ3n) is 1.67. The Kier molecular flexibility index (Phi) is 5.22. The Morgan fingerprint density at radius 1 is 1.15 bits per heavy atom. The molecule has 0 saturated heterocycles. The molecular weight excluding hydrogens is 164 g/mol. The molecule has 0 aliphatic rings. The van der Waals surface area contributed by atoms with Crippen LogP contribution in [0, 0.1) is 6.42 Å². The molecule has 2 nitrogen and oxygen atoms in total. The Labute approximate surface area is 79.5 Å². The van der Waals surface area contributed by atoms with Gasteiger partial charge in [-0.05, 0) is 5.56 Å². The van der Waals surface area contributed by atoms with E-state index in [-0.39, 0.29) is 0 Å². The molecule has 0 unspecified atom stereocenters. The lowest BCUT2D eigenvalue weighted by atomic mass is 10.2. The summed E-state index contributed by atoms with van der Waals surface area (Å²) in [5.41, 5.74) is 1.19. The monoisotopic (exact) mass is 179 g/mol. The molecule has 1 radical (unpaired) electrons. The summed E-state index contributed by atoms with van der Waals surface area (Å²) in [6.45, 7) is 1.95. The van der Waals surface area contributed by atoms with Crippen molar-refractivity contribution in [2.75, 3.05) is 26.9 Å². The highest BCUT2D eigenvalue weighted by atomic mass is 16.5. The summed E-state index contributed by atoms with van der Waals surface area (Å²) < 4.78 is 10.2. The van der Waals surface area contributed by atoms with Crippen molar-refractivity contribution in [3.63, 3.8) is 0 Å². The summed E-state index contributed by atoms with van der Waals surface area (Å²) >= 11 is 0. The maximum atomic E-state index is 5.30. The van der Waals surface area contributed by atoms with Crippen molar-refractivity contribution in [2.45, 2.75) is 0 Å². The van der Waals surface area contributed by atoms with E-state index in [1.54, 1.807) is 7.11 Å². The molecule has 0 aromatic heterocycles. The van der Waals surface area contributed by atoms with Crippen LogP contribution in [0.3, 0.4) is 0 Å². The smallest absolute Gasteiger partial charge is 0.0700 e. The number of ether oxygens (including phenoxy) is 2. The Bertz CT molecular complexity index is 209. The van der Waals surface area contributed by atoms with E-state index in [2.05, 4.69) is 18.6 Å². The summed E-state index contributed by atoms with van der Waals surface area (Å²) in [6, 6.07) is 10.1. The molecule has 1 aromatic rings. The molecule has 0 aliphatic heterocycles. The van der Waals surface area contributed by atoms with E-state index >= 15 is 0 Å². The predicted molar refractivity (Wildman–Crippen MR) is 52.5 cm³/mol. The zero-order chi connectivity index (χ0) is 9.36. The minimum Gasteiger partial charge on any atom is -0.382 e. The van der Waals surface area contributed by atoms with Gasteiger partial charge in [-0.15, -0.1) is 0 Å². The van der Waals surface area contributed by atoms with Crippen LogP contribution in [0.5, 0.6) is 0 Å². The summed E-state index contributed by atoms with van der Waals surface area (Å²) in [6.07, 6.45) is 2.05. The molecule has 0 bridgehead atoms. The Morgan fingerprint density at radius 3 is 2.62 bits per heavy atom. The Morgan fingerprint density at radius 2 is 1.92 bits per heavy atom. The molecule has 0 amide bonds. The average Bonchev–Trinajstić information content (AvgIpc) is 2.19. The summed E-state index contributed by atoms with van der Waals surface area (Å²) in [4.78, 5) is 0. The molecular formula is C11H15O2. The van der Waals surface area contributed by atoms with E-state index in [4.69, 9.17) is 9.47 Å². The molecule has 1 rings (SSSR count). The first-order valence-electron chi connectivity index (χ1n) is 4.38. The van der Waals surface area contributed by atoms with Crippen LogP contribution in [-0.4, -0.2) is 26.9 Å². The molecule has 13 heavy (non-hydrogen) atoms. The van der Waals surface area contributed by atoms with E-state index in [0.29, 0.717) is 19.8 Å². The molecule has 0 saturated carbocycles.